The van der Waals surface area contributed by atoms with Crippen molar-refractivity contribution in [3.8, 4) is 0 Å². The lowest BCUT2D eigenvalue weighted by Crippen LogP contribution is -2.40. The van der Waals surface area contributed by atoms with Crippen molar-refractivity contribution in [1.29, 1.82) is 0 Å². The summed E-state index contributed by atoms with van der Waals surface area (Å²) in [5.74, 6) is -1.67. The van der Waals surface area contributed by atoms with Gasteiger partial charge >= 0.3 is 5.97 Å². The smallest absolute Gasteiger partial charge is 0.326 e. The quantitative estimate of drug-likeness (QED) is 0.518. The van der Waals surface area contributed by atoms with Gasteiger partial charge in [0.25, 0.3) is 11.6 Å². The summed E-state index contributed by atoms with van der Waals surface area (Å²) in [5, 5.41) is 20.2. The number of nitrogens with zero attached hydrogens (tertiary/aromatic N) is 2. The van der Waals surface area contributed by atoms with Gasteiger partial charge < -0.3 is 10.0 Å². The summed E-state index contributed by atoms with van der Waals surface area (Å²) in [6.07, 6.45) is 2.75. The zero-order valence-corrected chi connectivity index (χ0v) is 12.1. The number of amides is 1. The molecule has 0 radical (unpaired) electrons. The minimum absolute atomic E-state index is 0.0556. The van der Waals surface area contributed by atoms with Gasteiger partial charge in [-0.25, -0.2) is 4.79 Å². The first-order valence-corrected chi connectivity index (χ1v) is 7.54. The first-order chi connectivity index (χ1) is 9.95. The number of hydrogen-bond acceptors (Lipinski definition) is 5. The molecule has 1 unspecified atom stereocenters. The molecule has 1 heterocycles. The molecule has 2 rings (SSSR count). The Hall–Kier alpha value is -2.09. The van der Waals surface area contributed by atoms with E-state index in [4.69, 9.17) is 5.11 Å². The number of nitro groups is 1. The van der Waals surface area contributed by atoms with Gasteiger partial charge in [0.05, 0.1) is 4.92 Å². The maximum atomic E-state index is 12.5. The van der Waals surface area contributed by atoms with Crippen molar-refractivity contribution < 1.29 is 19.6 Å². The van der Waals surface area contributed by atoms with Gasteiger partial charge in [-0.05, 0) is 31.2 Å². The zero-order chi connectivity index (χ0) is 15.6. The van der Waals surface area contributed by atoms with Crippen LogP contribution >= 0.6 is 11.8 Å². The van der Waals surface area contributed by atoms with Gasteiger partial charge in [0.1, 0.15) is 11.6 Å². The maximum Gasteiger partial charge on any atom is 0.326 e. The summed E-state index contributed by atoms with van der Waals surface area (Å²) in [6, 6.07) is 3.39. The van der Waals surface area contributed by atoms with Crippen LogP contribution in [0.4, 0.5) is 5.69 Å². The lowest BCUT2D eigenvalue weighted by molar-refractivity contribution is -0.385. The number of benzene rings is 1. The van der Waals surface area contributed by atoms with Gasteiger partial charge in [0, 0.05) is 17.5 Å². The number of hydrogen-bond donors (Lipinski definition) is 1. The van der Waals surface area contributed by atoms with E-state index in [1.54, 1.807) is 12.3 Å². The van der Waals surface area contributed by atoms with Crippen molar-refractivity contribution in [2.24, 2.45) is 0 Å². The van der Waals surface area contributed by atoms with Crippen LogP contribution < -0.4 is 0 Å². The molecule has 1 aliphatic heterocycles. The normalized spacial score (nSPS) is 17.8. The molecule has 1 saturated heterocycles. The molecule has 7 nitrogen and oxygen atoms in total. The van der Waals surface area contributed by atoms with E-state index >= 15 is 0 Å². The fourth-order valence-electron chi connectivity index (χ4n) is 2.39. The SMILES string of the molecule is CSc1ccc([N+](=O)[O-])c(C(=O)N2CCCC2C(=O)O)c1. The van der Waals surface area contributed by atoms with Crippen LogP contribution in [0.25, 0.3) is 0 Å². The number of carbonyl (C=O) groups is 2. The standard InChI is InChI=1S/C13H14N2O5S/c1-21-8-4-5-10(15(19)20)9(7-8)12(16)14-6-2-3-11(14)13(17)18/h4-5,7,11H,2-3,6H2,1H3,(H,17,18). The van der Waals surface area contributed by atoms with E-state index in [1.807, 2.05) is 0 Å². The van der Waals surface area contributed by atoms with Crippen LogP contribution in [0.3, 0.4) is 0 Å². The summed E-state index contributed by atoms with van der Waals surface area (Å²) < 4.78 is 0. The molecule has 0 spiro atoms. The van der Waals surface area contributed by atoms with E-state index in [0.717, 1.165) is 4.90 Å². The third-order valence-electron chi connectivity index (χ3n) is 3.43. The van der Waals surface area contributed by atoms with Gasteiger partial charge in [-0.15, -0.1) is 11.8 Å². The Bertz CT molecular complexity index is 604. The van der Waals surface area contributed by atoms with Gasteiger partial charge in [-0.1, -0.05) is 0 Å². The molecule has 8 heteroatoms. The van der Waals surface area contributed by atoms with Crippen molar-refractivity contribution in [2.75, 3.05) is 12.8 Å². The summed E-state index contributed by atoms with van der Waals surface area (Å²) in [6.45, 7) is 0.302. The van der Waals surface area contributed by atoms with Gasteiger partial charge in [-0.3, -0.25) is 14.9 Å². The first kappa shape index (κ1) is 15.3. The van der Waals surface area contributed by atoms with Crippen molar-refractivity contribution in [3.63, 3.8) is 0 Å². The first-order valence-electron chi connectivity index (χ1n) is 6.32. The Balaban J connectivity index is 2.42. The molecule has 112 valence electrons. The zero-order valence-electron chi connectivity index (χ0n) is 11.3. The lowest BCUT2D eigenvalue weighted by atomic mass is 10.1. The fraction of sp³-hybridized carbons (Fsp3) is 0.385. The molecule has 21 heavy (non-hydrogen) atoms. The van der Waals surface area contributed by atoms with Crippen molar-refractivity contribution in [2.45, 2.75) is 23.8 Å². The van der Waals surface area contributed by atoms with Crippen LogP contribution in [0, 0.1) is 10.1 Å². The van der Waals surface area contributed by atoms with E-state index in [2.05, 4.69) is 0 Å². The second kappa shape index (κ2) is 6.13. The van der Waals surface area contributed by atoms with Crippen molar-refractivity contribution >= 4 is 29.3 Å². The number of aliphatic carboxylic acids is 1. The van der Waals surface area contributed by atoms with Crippen LogP contribution in [-0.4, -0.2) is 45.6 Å². The molecular weight excluding hydrogens is 296 g/mol. The number of thioether (sulfide) groups is 1. The Labute approximate surface area is 125 Å². The number of likely N-dealkylation sites (tertiary alicyclic amines) is 1. The number of carboxylic acids is 1. The topological polar surface area (TPSA) is 101 Å². The second-order valence-electron chi connectivity index (χ2n) is 4.64. The molecule has 1 fully saturated rings. The average molecular weight is 310 g/mol. The molecular formula is C13H14N2O5S. The molecule has 0 saturated carbocycles. The average Bonchev–Trinajstić information content (AvgIpc) is 2.95. The minimum Gasteiger partial charge on any atom is -0.480 e. The summed E-state index contributed by atoms with van der Waals surface area (Å²) in [7, 11) is 0. The monoisotopic (exact) mass is 310 g/mol. The highest BCUT2D eigenvalue weighted by Gasteiger charge is 2.36. The number of nitro benzene ring substituents is 1. The van der Waals surface area contributed by atoms with Gasteiger partial charge in [0.2, 0.25) is 0 Å². The Morgan fingerprint density at radius 1 is 1.48 bits per heavy atom. The Morgan fingerprint density at radius 2 is 2.19 bits per heavy atom. The van der Waals surface area contributed by atoms with Gasteiger partial charge in [0.15, 0.2) is 0 Å². The molecule has 1 atom stereocenters. The highest BCUT2D eigenvalue weighted by molar-refractivity contribution is 7.98. The van der Waals surface area contributed by atoms with Crippen LogP contribution in [0.15, 0.2) is 23.1 Å². The third kappa shape index (κ3) is 2.99. The molecule has 0 aliphatic carbocycles. The van der Waals surface area contributed by atoms with E-state index in [9.17, 15) is 19.7 Å². The third-order valence-corrected chi connectivity index (χ3v) is 4.15. The molecule has 1 N–H and O–H groups in total. The molecule has 1 aromatic carbocycles. The summed E-state index contributed by atoms with van der Waals surface area (Å²) in [5.41, 5.74) is -0.353. The van der Waals surface area contributed by atoms with E-state index in [0.29, 0.717) is 19.4 Å². The predicted molar refractivity (Wildman–Crippen MR) is 76.6 cm³/mol. The Morgan fingerprint density at radius 3 is 2.76 bits per heavy atom. The Kier molecular flexibility index (Phi) is 4.46. The molecule has 1 aliphatic rings. The van der Waals surface area contributed by atoms with Crippen LogP contribution in [0.2, 0.25) is 0 Å². The van der Waals surface area contributed by atoms with E-state index in [1.165, 1.54) is 28.8 Å². The maximum absolute atomic E-state index is 12.5. The number of carbonyl (C=O) groups excluding carboxylic acids is 1. The predicted octanol–water partition coefficient (Wildman–Crippen LogP) is 2.01. The molecule has 0 aromatic heterocycles. The fourth-order valence-corrected chi connectivity index (χ4v) is 2.83. The van der Waals surface area contributed by atoms with Crippen molar-refractivity contribution in [3.05, 3.63) is 33.9 Å². The highest BCUT2D eigenvalue weighted by Crippen LogP contribution is 2.28. The second-order valence-corrected chi connectivity index (χ2v) is 5.51. The summed E-state index contributed by atoms with van der Waals surface area (Å²) in [4.78, 5) is 36.0. The summed E-state index contributed by atoms with van der Waals surface area (Å²) >= 11 is 1.36. The van der Waals surface area contributed by atoms with E-state index < -0.39 is 22.8 Å². The molecule has 1 aromatic rings. The van der Waals surface area contributed by atoms with E-state index in [-0.39, 0.29) is 11.3 Å². The van der Waals surface area contributed by atoms with Gasteiger partial charge in [-0.2, -0.15) is 0 Å². The number of rotatable bonds is 4. The van der Waals surface area contributed by atoms with Crippen LogP contribution in [-0.2, 0) is 4.79 Å². The molecule has 0 bridgehead atoms. The largest absolute Gasteiger partial charge is 0.480 e. The lowest BCUT2D eigenvalue weighted by Gasteiger charge is -2.21. The minimum atomic E-state index is -1.08. The van der Waals surface area contributed by atoms with Crippen LogP contribution in [0.1, 0.15) is 23.2 Å². The highest BCUT2D eigenvalue weighted by atomic mass is 32.2. The van der Waals surface area contributed by atoms with Crippen LogP contribution in [0.5, 0.6) is 0 Å². The molecule has 1 amide bonds. The van der Waals surface area contributed by atoms with Crippen molar-refractivity contribution in [1.82, 2.24) is 4.90 Å². The number of carboxylic acid groups (broad SMARTS) is 1.